The molecular formula is C36H55N3O5. The quantitative estimate of drug-likeness (QED) is 0.250. The summed E-state index contributed by atoms with van der Waals surface area (Å²) in [6.45, 7) is 15.2. The molecule has 0 spiro atoms. The zero-order valence-electron chi connectivity index (χ0n) is 28.8. The Morgan fingerprint density at radius 2 is 1.48 bits per heavy atom. The number of ether oxygens (including phenoxy) is 4. The van der Waals surface area contributed by atoms with Crippen LogP contribution in [-0.4, -0.2) is 77.0 Å². The summed E-state index contributed by atoms with van der Waals surface area (Å²) in [5.41, 5.74) is 2.16. The van der Waals surface area contributed by atoms with Gasteiger partial charge in [-0.2, -0.15) is 0 Å². The molecule has 0 saturated heterocycles. The first-order chi connectivity index (χ1) is 20.7. The molecular weight excluding hydrogens is 554 g/mol. The van der Waals surface area contributed by atoms with E-state index in [0.717, 1.165) is 55.0 Å². The Morgan fingerprint density at radius 3 is 2.02 bits per heavy atom. The van der Waals surface area contributed by atoms with Gasteiger partial charge >= 0.3 is 0 Å². The summed E-state index contributed by atoms with van der Waals surface area (Å²) in [6, 6.07) is 12.3. The number of nitrogens with zero attached hydrogens (tertiary/aromatic N) is 1. The molecule has 0 fully saturated rings. The van der Waals surface area contributed by atoms with Gasteiger partial charge in [0.15, 0.2) is 23.0 Å². The molecule has 0 aromatic heterocycles. The Balaban J connectivity index is 1.79. The van der Waals surface area contributed by atoms with Crippen molar-refractivity contribution in [3.63, 3.8) is 0 Å². The molecule has 3 rings (SSSR count). The van der Waals surface area contributed by atoms with Crippen LogP contribution >= 0.6 is 0 Å². The van der Waals surface area contributed by atoms with E-state index in [0.29, 0.717) is 18.0 Å². The van der Waals surface area contributed by atoms with Crippen molar-refractivity contribution in [3.05, 3.63) is 59.2 Å². The highest BCUT2D eigenvalue weighted by atomic mass is 16.5. The Kier molecular flexibility index (Phi) is 11.8. The van der Waals surface area contributed by atoms with Gasteiger partial charge < -0.3 is 29.2 Å². The monoisotopic (exact) mass is 609 g/mol. The third-order valence-electron chi connectivity index (χ3n) is 9.08. The van der Waals surface area contributed by atoms with Crippen LogP contribution in [0.2, 0.25) is 0 Å². The molecule has 0 saturated carbocycles. The van der Waals surface area contributed by atoms with Gasteiger partial charge in [0.05, 0.1) is 28.4 Å². The average molecular weight is 610 g/mol. The van der Waals surface area contributed by atoms with Gasteiger partial charge in [0, 0.05) is 35.2 Å². The normalized spacial score (nSPS) is 16.8. The van der Waals surface area contributed by atoms with Crippen molar-refractivity contribution in [2.75, 3.05) is 55.1 Å². The van der Waals surface area contributed by atoms with Crippen LogP contribution in [0.5, 0.6) is 23.0 Å². The largest absolute Gasteiger partial charge is 0.493 e. The summed E-state index contributed by atoms with van der Waals surface area (Å²) >= 11 is 0. The van der Waals surface area contributed by atoms with E-state index < -0.39 is 5.54 Å². The summed E-state index contributed by atoms with van der Waals surface area (Å²) < 4.78 is 22.1. The fourth-order valence-electron chi connectivity index (χ4n) is 6.57. The van der Waals surface area contributed by atoms with Crippen LogP contribution in [0.25, 0.3) is 0 Å². The van der Waals surface area contributed by atoms with Crippen molar-refractivity contribution in [2.45, 2.75) is 77.3 Å². The molecule has 2 N–H and O–H groups in total. The van der Waals surface area contributed by atoms with E-state index in [-0.39, 0.29) is 22.8 Å². The zero-order valence-corrected chi connectivity index (χ0v) is 28.8. The Morgan fingerprint density at radius 1 is 0.886 bits per heavy atom. The SMILES string of the molecule is COc1ccc(CCN(C)CCCC(CNC(=O)C2=CC(C)(C)NC2(C)C)(c2ccc(OC)c(OC)c2)C(C)C)cc1OC. The average Bonchev–Trinajstić information content (AvgIpc) is 3.23. The number of benzene rings is 2. The molecule has 1 heterocycles. The van der Waals surface area contributed by atoms with E-state index in [1.54, 1.807) is 28.4 Å². The van der Waals surface area contributed by atoms with Crippen molar-refractivity contribution in [2.24, 2.45) is 5.92 Å². The third kappa shape index (κ3) is 8.27. The Bertz CT molecular complexity index is 1300. The van der Waals surface area contributed by atoms with Gasteiger partial charge in [0.2, 0.25) is 5.91 Å². The summed E-state index contributed by atoms with van der Waals surface area (Å²) in [5, 5.41) is 6.91. The number of nitrogens with one attached hydrogen (secondary N) is 2. The highest BCUT2D eigenvalue weighted by Gasteiger charge is 2.42. The van der Waals surface area contributed by atoms with E-state index in [1.807, 2.05) is 18.2 Å². The second kappa shape index (κ2) is 14.7. The van der Waals surface area contributed by atoms with E-state index in [1.165, 1.54) is 5.56 Å². The molecule has 8 heteroatoms. The van der Waals surface area contributed by atoms with Gasteiger partial charge in [-0.05, 0) is 102 Å². The maximum atomic E-state index is 13.7. The minimum atomic E-state index is -0.409. The lowest BCUT2D eigenvalue weighted by Gasteiger charge is -2.40. The van der Waals surface area contributed by atoms with Gasteiger partial charge in [0.25, 0.3) is 0 Å². The minimum Gasteiger partial charge on any atom is -0.493 e. The van der Waals surface area contributed by atoms with Gasteiger partial charge in [-0.25, -0.2) is 0 Å². The lowest BCUT2D eigenvalue weighted by Crippen LogP contribution is -2.50. The second-order valence-corrected chi connectivity index (χ2v) is 13.4. The van der Waals surface area contributed by atoms with Crippen LogP contribution in [0.4, 0.5) is 0 Å². The molecule has 244 valence electrons. The minimum absolute atomic E-state index is 0.0226. The van der Waals surface area contributed by atoms with Gasteiger partial charge in [-0.3, -0.25) is 10.1 Å². The molecule has 1 amide bonds. The molecule has 0 bridgehead atoms. The van der Waals surface area contributed by atoms with Gasteiger partial charge in [-0.1, -0.05) is 32.1 Å². The molecule has 1 atom stereocenters. The van der Waals surface area contributed by atoms with Crippen molar-refractivity contribution in [3.8, 4) is 23.0 Å². The number of carbonyl (C=O) groups is 1. The second-order valence-electron chi connectivity index (χ2n) is 13.4. The highest BCUT2D eigenvalue weighted by Crippen LogP contribution is 2.41. The number of carbonyl (C=O) groups excluding carboxylic acids is 1. The van der Waals surface area contributed by atoms with Gasteiger partial charge in [0.1, 0.15) is 0 Å². The number of hydrogen-bond acceptors (Lipinski definition) is 7. The van der Waals surface area contributed by atoms with E-state index in [9.17, 15) is 4.79 Å². The fourth-order valence-corrected chi connectivity index (χ4v) is 6.57. The third-order valence-corrected chi connectivity index (χ3v) is 9.08. The van der Waals surface area contributed by atoms with Crippen LogP contribution < -0.4 is 29.6 Å². The van der Waals surface area contributed by atoms with Crippen molar-refractivity contribution in [1.82, 2.24) is 15.5 Å². The lowest BCUT2D eigenvalue weighted by atomic mass is 9.68. The van der Waals surface area contributed by atoms with Crippen LogP contribution in [0, 0.1) is 5.92 Å². The Labute approximate surface area is 265 Å². The Hall–Kier alpha value is -3.23. The van der Waals surface area contributed by atoms with Gasteiger partial charge in [-0.15, -0.1) is 0 Å². The van der Waals surface area contributed by atoms with Crippen molar-refractivity contribution < 1.29 is 23.7 Å². The zero-order chi connectivity index (χ0) is 32.7. The number of likely N-dealkylation sites (N-methyl/N-ethyl adjacent to an activating group) is 1. The maximum absolute atomic E-state index is 13.7. The van der Waals surface area contributed by atoms with E-state index >= 15 is 0 Å². The first-order valence-electron chi connectivity index (χ1n) is 15.6. The smallest absolute Gasteiger partial charge is 0.248 e. The molecule has 0 radical (unpaired) electrons. The fraction of sp³-hybridized carbons (Fsp3) is 0.583. The van der Waals surface area contributed by atoms with Crippen molar-refractivity contribution >= 4 is 5.91 Å². The topological polar surface area (TPSA) is 81.3 Å². The summed E-state index contributed by atoms with van der Waals surface area (Å²) in [7, 11) is 8.80. The highest BCUT2D eigenvalue weighted by molar-refractivity contribution is 5.96. The predicted molar refractivity (Wildman–Crippen MR) is 178 cm³/mol. The molecule has 1 unspecified atom stereocenters. The summed E-state index contributed by atoms with van der Waals surface area (Å²) in [4.78, 5) is 16.0. The van der Waals surface area contributed by atoms with Crippen LogP contribution in [0.1, 0.15) is 65.5 Å². The molecule has 2 aromatic rings. The predicted octanol–water partition coefficient (Wildman–Crippen LogP) is 5.77. The maximum Gasteiger partial charge on any atom is 0.248 e. The lowest BCUT2D eigenvalue weighted by molar-refractivity contribution is -0.118. The molecule has 1 aliphatic heterocycles. The standard InChI is InChI=1S/C36H55N3O5/c1-25(2)36(27-14-16-30(42-9)32(22-27)44-11,24-37-33(40)28-23-34(3,4)38-35(28,5)6)18-12-19-39(7)20-17-26-13-15-29(41-8)31(21-26)43-10/h13-16,21-23,25,38H,12,17-20,24H2,1-11H3,(H,37,40). The molecule has 2 aromatic carbocycles. The van der Waals surface area contributed by atoms with Crippen molar-refractivity contribution in [1.29, 1.82) is 0 Å². The molecule has 1 aliphatic rings. The number of rotatable bonds is 16. The van der Waals surface area contributed by atoms with Crippen LogP contribution in [0.15, 0.2) is 48.0 Å². The van der Waals surface area contributed by atoms with Crippen LogP contribution in [0.3, 0.4) is 0 Å². The number of methoxy groups -OCH3 is 4. The first-order valence-corrected chi connectivity index (χ1v) is 15.6. The molecule has 0 aliphatic carbocycles. The first kappa shape index (κ1) is 35.3. The molecule has 44 heavy (non-hydrogen) atoms. The number of amides is 1. The summed E-state index contributed by atoms with van der Waals surface area (Å²) in [5.74, 6) is 3.11. The van der Waals surface area contributed by atoms with Crippen LogP contribution in [-0.2, 0) is 16.6 Å². The number of hydrogen-bond donors (Lipinski definition) is 2. The van der Waals surface area contributed by atoms with E-state index in [4.69, 9.17) is 18.9 Å². The van der Waals surface area contributed by atoms with E-state index in [2.05, 4.69) is 88.4 Å². The summed E-state index contributed by atoms with van der Waals surface area (Å²) in [6.07, 6.45) is 4.83. The molecule has 8 nitrogen and oxygen atoms in total.